The number of urea groups is 1. The zero-order valence-corrected chi connectivity index (χ0v) is 10.4. The Bertz CT molecular complexity index is 581. The summed E-state index contributed by atoms with van der Waals surface area (Å²) in [5.74, 6) is 0.353. The van der Waals surface area contributed by atoms with E-state index in [1.807, 2.05) is 13.0 Å². The van der Waals surface area contributed by atoms with Crippen LogP contribution in [0.25, 0.3) is 0 Å². The van der Waals surface area contributed by atoms with E-state index in [-0.39, 0.29) is 0 Å². The van der Waals surface area contributed by atoms with Crippen molar-refractivity contribution in [2.45, 2.75) is 6.92 Å². The second-order valence-electron chi connectivity index (χ2n) is 3.74. The van der Waals surface area contributed by atoms with Gasteiger partial charge in [-0.2, -0.15) is 5.10 Å². The molecular formula is C11H12ClN5O. The molecule has 0 radical (unpaired) electrons. The fourth-order valence-corrected chi connectivity index (χ4v) is 1.52. The molecule has 0 bridgehead atoms. The average molecular weight is 266 g/mol. The Morgan fingerprint density at radius 3 is 2.83 bits per heavy atom. The number of rotatable bonds is 2. The maximum absolute atomic E-state index is 11.7. The van der Waals surface area contributed by atoms with Crippen molar-refractivity contribution in [2.24, 2.45) is 0 Å². The number of nitrogens with one attached hydrogen (secondary N) is 3. The molecule has 0 aliphatic heterocycles. The number of halogens is 1. The van der Waals surface area contributed by atoms with Gasteiger partial charge in [-0.15, -0.1) is 0 Å². The van der Waals surface area contributed by atoms with Crippen LogP contribution in [0.5, 0.6) is 0 Å². The normalized spacial score (nSPS) is 10.1. The Labute approximate surface area is 109 Å². The molecule has 1 aromatic carbocycles. The molecule has 0 atom stereocenters. The second kappa shape index (κ2) is 4.97. The highest BCUT2D eigenvalue weighted by atomic mass is 35.5. The number of benzene rings is 1. The number of nitrogens with zero attached hydrogens (tertiary/aromatic N) is 1. The number of nitrogens with two attached hydrogens (primary N) is 1. The van der Waals surface area contributed by atoms with E-state index in [2.05, 4.69) is 20.8 Å². The van der Waals surface area contributed by atoms with Crippen LogP contribution in [0.1, 0.15) is 5.56 Å². The summed E-state index contributed by atoms with van der Waals surface area (Å²) in [4.78, 5) is 11.7. The first kappa shape index (κ1) is 12.3. The van der Waals surface area contributed by atoms with Gasteiger partial charge in [-0.05, 0) is 24.6 Å². The molecule has 1 heterocycles. The number of hydrogen-bond acceptors (Lipinski definition) is 3. The molecule has 94 valence electrons. The Kier molecular flexibility index (Phi) is 3.38. The van der Waals surface area contributed by atoms with Crippen LogP contribution in [-0.4, -0.2) is 16.2 Å². The second-order valence-corrected chi connectivity index (χ2v) is 4.15. The van der Waals surface area contributed by atoms with Crippen molar-refractivity contribution in [3.8, 4) is 0 Å². The molecule has 2 aromatic rings. The van der Waals surface area contributed by atoms with E-state index >= 15 is 0 Å². The molecule has 0 saturated carbocycles. The summed E-state index contributed by atoms with van der Waals surface area (Å²) in [5.41, 5.74) is 7.48. The lowest BCUT2D eigenvalue weighted by molar-refractivity contribution is 0.262. The van der Waals surface area contributed by atoms with Gasteiger partial charge in [0.05, 0.1) is 11.9 Å². The SMILES string of the molecule is Cc1ccc(NC(=O)Nc2[nH]ncc2N)cc1Cl. The monoisotopic (exact) mass is 265 g/mol. The van der Waals surface area contributed by atoms with Gasteiger partial charge < -0.3 is 11.1 Å². The Hall–Kier alpha value is -2.21. The highest BCUT2D eigenvalue weighted by molar-refractivity contribution is 6.31. The maximum atomic E-state index is 11.7. The van der Waals surface area contributed by atoms with E-state index in [4.69, 9.17) is 17.3 Å². The summed E-state index contributed by atoms with van der Waals surface area (Å²) < 4.78 is 0. The predicted octanol–water partition coefficient (Wildman–Crippen LogP) is 2.60. The van der Waals surface area contributed by atoms with Crippen molar-refractivity contribution in [2.75, 3.05) is 16.4 Å². The minimum Gasteiger partial charge on any atom is -0.394 e. The van der Waals surface area contributed by atoms with Gasteiger partial charge in [0.25, 0.3) is 0 Å². The first-order chi connectivity index (χ1) is 8.56. The summed E-state index contributed by atoms with van der Waals surface area (Å²) in [6, 6.07) is 4.83. The molecular weight excluding hydrogens is 254 g/mol. The Balaban J connectivity index is 2.03. The highest BCUT2D eigenvalue weighted by Crippen LogP contribution is 2.20. The molecule has 7 heteroatoms. The molecule has 0 fully saturated rings. The quantitative estimate of drug-likeness (QED) is 0.672. The van der Waals surface area contributed by atoms with Crippen molar-refractivity contribution in [3.63, 3.8) is 0 Å². The van der Waals surface area contributed by atoms with E-state index in [1.165, 1.54) is 6.20 Å². The van der Waals surface area contributed by atoms with Crippen LogP contribution in [0.4, 0.5) is 22.0 Å². The molecule has 0 saturated heterocycles. The summed E-state index contributed by atoms with van der Waals surface area (Å²) >= 11 is 5.96. The van der Waals surface area contributed by atoms with Gasteiger partial charge in [-0.3, -0.25) is 10.4 Å². The van der Waals surface area contributed by atoms with Crippen LogP contribution in [-0.2, 0) is 0 Å². The smallest absolute Gasteiger partial charge is 0.324 e. The van der Waals surface area contributed by atoms with Gasteiger partial charge in [-0.1, -0.05) is 17.7 Å². The number of aryl methyl sites for hydroxylation is 1. The number of aromatic nitrogens is 2. The largest absolute Gasteiger partial charge is 0.394 e. The lowest BCUT2D eigenvalue weighted by Gasteiger charge is -2.07. The zero-order valence-electron chi connectivity index (χ0n) is 9.62. The molecule has 6 nitrogen and oxygen atoms in total. The number of H-pyrrole nitrogens is 1. The highest BCUT2D eigenvalue weighted by Gasteiger charge is 2.07. The minimum atomic E-state index is -0.425. The summed E-state index contributed by atoms with van der Waals surface area (Å²) in [6.07, 6.45) is 1.42. The number of aromatic amines is 1. The van der Waals surface area contributed by atoms with Gasteiger partial charge in [0.2, 0.25) is 0 Å². The van der Waals surface area contributed by atoms with Crippen LogP contribution in [0.3, 0.4) is 0 Å². The van der Waals surface area contributed by atoms with Crippen molar-refractivity contribution in [1.29, 1.82) is 0 Å². The predicted molar refractivity (Wildman–Crippen MR) is 71.8 cm³/mol. The number of hydrogen-bond donors (Lipinski definition) is 4. The van der Waals surface area contributed by atoms with Crippen LogP contribution in [0.15, 0.2) is 24.4 Å². The van der Waals surface area contributed by atoms with Gasteiger partial charge in [0, 0.05) is 10.7 Å². The van der Waals surface area contributed by atoms with Gasteiger partial charge >= 0.3 is 6.03 Å². The lowest BCUT2D eigenvalue weighted by atomic mass is 10.2. The number of nitrogen functional groups attached to an aromatic ring is 1. The lowest BCUT2D eigenvalue weighted by Crippen LogP contribution is -2.20. The molecule has 2 rings (SSSR count). The fourth-order valence-electron chi connectivity index (χ4n) is 1.34. The Morgan fingerprint density at radius 1 is 1.44 bits per heavy atom. The third-order valence-electron chi connectivity index (χ3n) is 2.34. The van der Waals surface area contributed by atoms with Crippen molar-refractivity contribution in [1.82, 2.24) is 10.2 Å². The molecule has 0 aliphatic rings. The fraction of sp³-hybridized carbons (Fsp3) is 0.0909. The first-order valence-electron chi connectivity index (χ1n) is 5.19. The molecule has 0 aliphatic carbocycles. The van der Waals surface area contributed by atoms with E-state index < -0.39 is 6.03 Å². The third-order valence-corrected chi connectivity index (χ3v) is 2.74. The minimum absolute atomic E-state index is 0.353. The topological polar surface area (TPSA) is 95.8 Å². The van der Waals surface area contributed by atoms with Crippen LogP contribution in [0, 0.1) is 6.92 Å². The standard InChI is InChI=1S/C11H12ClN5O/c1-6-2-3-7(4-8(6)12)15-11(18)16-10-9(13)5-14-17-10/h2-5H,13H2,1H3,(H3,14,15,16,17,18). The van der Waals surface area contributed by atoms with Crippen LogP contribution in [0.2, 0.25) is 5.02 Å². The average Bonchev–Trinajstić information content (AvgIpc) is 2.70. The van der Waals surface area contributed by atoms with Gasteiger partial charge in [-0.25, -0.2) is 4.79 Å². The number of anilines is 3. The summed E-state index contributed by atoms with van der Waals surface area (Å²) in [7, 11) is 0. The Morgan fingerprint density at radius 2 is 2.22 bits per heavy atom. The van der Waals surface area contributed by atoms with E-state index in [9.17, 15) is 4.79 Å². The van der Waals surface area contributed by atoms with Gasteiger partial charge in [0.15, 0.2) is 5.82 Å². The molecule has 5 N–H and O–H groups in total. The summed E-state index contributed by atoms with van der Waals surface area (Å²) in [6.45, 7) is 1.89. The molecule has 18 heavy (non-hydrogen) atoms. The van der Waals surface area contributed by atoms with Crippen LogP contribution >= 0.6 is 11.6 Å². The third kappa shape index (κ3) is 2.72. The molecule has 1 aromatic heterocycles. The first-order valence-corrected chi connectivity index (χ1v) is 5.57. The molecule has 0 unspecified atom stereocenters. The summed E-state index contributed by atoms with van der Waals surface area (Å²) in [5, 5.41) is 12.0. The maximum Gasteiger partial charge on any atom is 0.324 e. The van der Waals surface area contributed by atoms with Crippen molar-refractivity contribution >= 4 is 34.8 Å². The van der Waals surface area contributed by atoms with Gasteiger partial charge in [0.1, 0.15) is 0 Å². The van der Waals surface area contributed by atoms with Crippen LogP contribution < -0.4 is 16.4 Å². The number of carbonyl (C=O) groups excluding carboxylic acids is 1. The number of carbonyl (C=O) groups is 1. The molecule has 0 spiro atoms. The zero-order chi connectivity index (χ0) is 13.1. The molecule has 2 amide bonds. The van der Waals surface area contributed by atoms with E-state index in [0.29, 0.717) is 22.2 Å². The number of amides is 2. The van der Waals surface area contributed by atoms with Crippen molar-refractivity contribution < 1.29 is 4.79 Å². The van der Waals surface area contributed by atoms with E-state index in [1.54, 1.807) is 12.1 Å². The van der Waals surface area contributed by atoms with E-state index in [0.717, 1.165) is 5.56 Å². The van der Waals surface area contributed by atoms with Crippen molar-refractivity contribution in [3.05, 3.63) is 35.0 Å².